The maximum absolute atomic E-state index is 12.2. The fraction of sp³-hybridized carbons (Fsp3) is 0.0455. The van der Waals surface area contributed by atoms with E-state index in [1.54, 1.807) is 54.6 Å². The van der Waals surface area contributed by atoms with Crippen LogP contribution in [0.3, 0.4) is 0 Å². The number of ether oxygens (including phenoxy) is 1. The molecule has 0 bridgehead atoms. The van der Waals surface area contributed by atoms with Gasteiger partial charge in [0.2, 0.25) is 0 Å². The Hall–Kier alpha value is -2.97. The average molecular weight is 531 g/mol. The molecule has 0 atom stereocenters. The number of para-hydroxylation sites is 1. The van der Waals surface area contributed by atoms with Crippen LogP contribution in [0.15, 0.2) is 86.8 Å². The van der Waals surface area contributed by atoms with E-state index >= 15 is 0 Å². The second-order valence-corrected chi connectivity index (χ2v) is 7.92. The van der Waals surface area contributed by atoms with E-state index in [9.17, 15) is 9.59 Å². The minimum atomic E-state index is -0.335. The molecular formula is C22H17Br2N3O3. The van der Waals surface area contributed by atoms with Crippen LogP contribution in [-0.4, -0.2) is 24.6 Å². The molecule has 0 aliphatic heterocycles. The molecule has 6 nitrogen and oxygen atoms in total. The minimum Gasteiger partial charge on any atom is -0.483 e. The number of hydrogen-bond acceptors (Lipinski definition) is 4. The summed E-state index contributed by atoms with van der Waals surface area (Å²) in [5, 5.41) is 6.76. The number of nitrogens with zero attached hydrogens (tertiary/aromatic N) is 1. The molecule has 0 saturated heterocycles. The standard InChI is InChI=1S/C22H17Br2N3O3/c23-17-8-6-15(7-9-17)22(29)27-25-13-16-12-18(24)10-11-20(16)30-14-21(28)26-19-4-2-1-3-5-19/h1-13H,14H2,(H,26,28)(H,27,29)/b25-13+. The van der Waals surface area contributed by atoms with Crippen molar-refractivity contribution < 1.29 is 14.3 Å². The predicted molar refractivity (Wildman–Crippen MR) is 124 cm³/mol. The van der Waals surface area contributed by atoms with Crippen molar-refractivity contribution in [2.45, 2.75) is 0 Å². The fourth-order valence-electron chi connectivity index (χ4n) is 2.44. The molecule has 0 fully saturated rings. The Morgan fingerprint density at radius 3 is 2.37 bits per heavy atom. The van der Waals surface area contributed by atoms with Crippen LogP contribution in [0.25, 0.3) is 0 Å². The second kappa shape index (κ2) is 10.7. The molecule has 3 rings (SSSR count). The summed E-state index contributed by atoms with van der Waals surface area (Å²) in [6.45, 7) is -0.164. The Morgan fingerprint density at radius 2 is 1.63 bits per heavy atom. The third kappa shape index (κ3) is 6.53. The van der Waals surface area contributed by atoms with Gasteiger partial charge < -0.3 is 10.1 Å². The molecule has 0 aliphatic rings. The van der Waals surface area contributed by atoms with Crippen molar-refractivity contribution in [3.05, 3.63) is 92.9 Å². The Morgan fingerprint density at radius 1 is 0.933 bits per heavy atom. The van der Waals surface area contributed by atoms with Crippen LogP contribution in [0.4, 0.5) is 5.69 Å². The molecule has 2 N–H and O–H groups in total. The van der Waals surface area contributed by atoms with Gasteiger partial charge in [0.15, 0.2) is 6.61 Å². The first-order valence-electron chi connectivity index (χ1n) is 8.87. The number of anilines is 1. The van der Waals surface area contributed by atoms with Gasteiger partial charge in [-0.25, -0.2) is 5.43 Å². The van der Waals surface area contributed by atoms with Gasteiger partial charge in [-0.3, -0.25) is 9.59 Å². The van der Waals surface area contributed by atoms with E-state index in [4.69, 9.17) is 4.74 Å². The SMILES string of the molecule is O=C(COc1ccc(Br)cc1/C=N/NC(=O)c1ccc(Br)cc1)Nc1ccccc1. The monoisotopic (exact) mass is 529 g/mol. The van der Waals surface area contributed by atoms with Crippen molar-refractivity contribution in [1.82, 2.24) is 5.43 Å². The number of carbonyl (C=O) groups excluding carboxylic acids is 2. The molecular weight excluding hydrogens is 514 g/mol. The van der Waals surface area contributed by atoms with Gasteiger partial charge in [-0.15, -0.1) is 0 Å². The number of hydrazone groups is 1. The number of benzene rings is 3. The summed E-state index contributed by atoms with van der Waals surface area (Å²) < 4.78 is 7.33. The first-order chi connectivity index (χ1) is 14.5. The van der Waals surface area contributed by atoms with E-state index in [0.29, 0.717) is 22.6 Å². The maximum atomic E-state index is 12.2. The molecule has 0 aromatic heterocycles. The smallest absolute Gasteiger partial charge is 0.271 e. The number of hydrogen-bond donors (Lipinski definition) is 2. The topological polar surface area (TPSA) is 79.8 Å². The summed E-state index contributed by atoms with van der Waals surface area (Å²) in [7, 11) is 0. The molecule has 0 aliphatic carbocycles. The molecule has 152 valence electrons. The van der Waals surface area contributed by atoms with Crippen LogP contribution in [0.5, 0.6) is 5.75 Å². The molecule has 0 heterocycles. The highest BCUT2D eigenvalue weighted by Crippen LogP contribution is 2.22. The lowest BCUT2D eigenvalue weighted by Crippen LogP contribution is -2.20. The van der Waals surface area contributed by atoms with Crippen LogP contribution in [0, 0.1) is 0 Å². The van der Waals surface area contributed by atoms with E-state index in [2.05, 4.69) is 47.7 Å². The summed E-state index contributed by atoms with van der Waals surface area (Å²) in [6.07, 6.45) is 1.46. The predicted octanol–water partition coefficient (Wildman–Crippen LogP) is 4.99. The summed E-state index contributed by atoms with van der Waals surface area (Å²) in [4.78, 5) is 24.3. The first kappa shape index (κ1) is 21.7. The first-order valence-corrected chi connectivity index (χ1v) is 10.5. The summed E-state index contributed by atoms with van der Waals surface area (Å²) in [5.74, 6) is -0.156. The van der Waals surface area contributed by atoms with Crippen LogP contribution < -0.4 is 15.5 Å². The molecule has 0 radical (unpaired) electrons. The van der Waals surface area contributed by atoms with Gasteiger partial charge in [0, 0.05) is 25.8 Å². The van der Waals surface area contributed by atoms with Crippen LogP contribution in [0.1, 0.15) is 15.9 Å². The van der Waals surface area contributed by atoms with Gasteiger partial charge in [0.25, 0.3) is 11.8 Å². The van der Waals surface area contributed by atoms with Gasteiger partial charge >= 0.3 is 0 Å². The normalized spacial score (nSPS) is 10.6. The molecule has 0 unspecified atom stereocenters. The van der Waals surface area contributed by atoms with Crippen molar-refractivity contribution in [3.63, 3.8) is 0 Å². The highest BCUT2D eigenvalue weighted by atomic mass is 79.9. The Labute approximate surface area is 190 Å². The summed E-state index contributed by atoms with van der Waals surface area (Å²) >= 11 is 6.72. The number of halogens is 2. The van der Waals surface area contributed by atoms with Crippen LogP contribution >= 0.6 is 31.9 Å². The highest BCUT2D eigenvalue weighted by Gasteiger charge is 2.08. The lowest BCUT2D eigenvalue weighted by Gasteiger charge is -2.10. The Bertz CT molecular complexity index is 1050. The van der Waals surface area contributed by atoms with Crippen molar-refractivity contribution in [2.24, 2.45) is 5.10 Å². The quantitative estimate of drug-likeness (QED) is 0.333. The third-order valence-corrected chi connectivity index (χ3v) is 4.89. The number of nitrogens with one attached hydrogen (secondary N) is 2. The van der Waals surface area contributed by atoms with E-state index in [1.807, 2.05) is 18.2 Å². The van der Waals surface area contributed by atoms with Crippen LogP contribution in [0.2, 0.25) is 0 Å². The van der Waals surface area contributed by atoms with Crippen molar-refractivity contribution >= 4 is 55.6 Å². The number of carbonyl (C=O) groups is 2. The maximum Gasteiger partial charge on any atom is 0.271 e. The van der Waals surface area contributed by atoms with E-state index in [0.717, 1.165) is 8.95 Å². The van der Waals surface area contributed by atoms with Crippen LogP contribution in [-0.2, 0) is 4.79 Å². The third-order valence-electron chi connectivity index (χ3n) is 3.86. The van der Waals surface area contributed by atoms with E-state index < -0.39 is 0 Å². The molecule has 30 heavy (non-hydrogen) atoms. The van der Waals surface area contributed by atoms with Gasteiger partial charge in [-0.05, 0) is 54.6 Å². The van der Waals surface area contributed by atoms with Crippen molar-refractivity contribution in [3.8, 4) is 5.75 Å². The molecule has 2 amide bonds. The zero-order valence-corrected chi connectivity index (χ0v) is 18.8. The van der Waals surface area contributed by atoms with Crippen molar-refractivity contribution in [2.75, 3.05) is 11.9 Å². The molecule has 3 aromatic carbocycles. The number of rotatable bonds is 7. The minimum absolute atomic E-state index is 0.164. The van der Waals surface area contributed by atoms with Gasteiger partial charge in [-0.2, -0.15) is 5.10 Å². The molecule has 3 aromatic rings. The lowest BCUT2D eigenvalue weighted by atomic mass is 10.2. The van der Waals surface area contributed by atoms with Gasteiger partial charge in [0.1, 0.15) is 5.75 Å². The van der Waals surface area contributed by atoms with Gasteiger partial charge in [-0.1, -0.05) is 50.1 Å². The molecule has 0 saturated carbocycles. The number of amides is 2. The second-order valence-electron chi connectivity index (χ2n) is 6.09. The molecule has 0 spiro atoms. The van der Waals surface area contributed by atoms with Crippen molar-refractivity contribution in [1.29, 1.82) is 0 Å². The Balaban J connectivity index is 1.61. The lowest BCUT2D eigenvalue weighted by molar-refractivity contribution is -0.118. The zero-order valence-electron chi connectivity index (χ0n) is 15.6. The average Bonchev–Trinajstić information content (AvgIpc) is 2.74. The summed E-state index contributed by atoms with van der Waals surface area (Å²) in [6, 6.07) is 21.4. The van der Waals surface area contributed by atoms with Gasteiger partial charge in [0.05, 0.1) is 6.21 Å². The van der Waals surface area contributed by atoms with E-state index in [1.165, 1.54) is 6.21 Å². The largest absolute Gasteiger partial charge is 0.483 e. The molecule has 8 heteroatoms. The summed E-state index contributed by atoms with van der Waals surface area (Å²) in [5.41, 5.74) is 4.26. The Kier molecular flexibility index (Phi) is 7.75. The van der Waals surface area contributed by atoms with E-state index in [-0.39, 0.29) is 18.4 Å². The highest BCUT2D eigenvalue weighted by molar-refractivity contribution is 9.10. The zero-order chi connectivity index (χ0) is 21.3. The fourth-order valence-corrected chi connectivity index (χ4v) is 3.08.